The standard InChI is InChI=1S/C32H34Cl2N6O/c1-23(2)39-15-16-40(22-41)32(21-39,26-7-3-24(4-8-26)17-35-30-13-11-28(33)19-37-30)27-9-5-25(6-10-27)18-36-31-14-12-29(34)20-38-31/h3-14,19-20,22-23H,15-18,21H2,1-2H3,(H,35,37)(H,36,38). The Balaban J connectivity index is 1.41. The van der Waals surface area contributed by atoms with Crippen molar-refractivity contribution >= 4 is 41.2 Å². The van der Waals surface area contributed by atoms with Crippen molar-refractivity contribution in [3.8, 4) is 0 Å². The summed E-state index contributed by atoms with van der Waals surface area (Å²) in [5, 5.41) is 7.90. The van der Waals surface area contributed by atoms with Gasteiger partial charge in [0.25, 0.3) is 0 Å². The van der Waals surface area contributed by atoms with Gasteiger partial charge >= 0.3 is 0 Å². The van der Waals surface area contributed by atoms with Crippen molar-refractivity contribution in [3.05, 3.63) is 117 Å². The fourth-order valence-electron chi connectivity index (χ4n) is 5.30. The maximum absolute atomic E-state index is 12.6. The molecule has 1 amide bonds. The summed E-state index contributed by atoms with van der Waals surface area (Å²) in [7, 11) is 0. The van der Waals surface area contributed by atoms with Crippen LogP contribution in [0, 0.1) is 0 Å². The molecule has 0 spiro atoms. The van der Waals surface area contributed by atoms with Gasteiger partial charge in [0.2, 0.25) is 6.41 Å². The van der Waals surface area contributed by atoms with Gasteiger partial charge in [-0.25, -0.2) is 9.97 Å². The lowest BCUT2D eigenvalue weighted by molar-refractivity contribution is -0.127. The Bertz CT molecular complexity index is 1330. The molecule has 0 bridgehead atoms. The molecule has 0 saturated carbocycles. The second kappa shape index (κ2) is 12.9. The minimum absolute atomic E-state index is 0.355. The van der Waals surface area contributed by atoms with E-state index in [1.165, 1.54) is 0 Å². The monoisotopic (exact) mass is 588 g/mol. The van der Waals surface area contributed by atoms with Crippen LogP contribution in [0.3, 0.4) is 0 Å². The molecule has 7 nitrogen and oxygen atoms in total. The lowest BCUT2D eigenvalue weighted by Gasteiger charge is -2.51. The third-order valence-electron chi connectivity index (χ3n) is 7.67. The number of amides is 1. The van der Waals surface area contributed by atoms with Gasteiger partial charge in [0.1, 0.15) is 17.2 Å². The Morgan fingerprint density at radius 2 is 1.27 bits per heavy atom. The van der Waals surface area contributed by atoms with Gasteiger partial charge in [0.15, 0.2) is 0 Å². The summed E-state index contributed by atoms with van der Waals surface area (Å²) < 4.78 is 0. The number of rotatable bonds is 10. The summed E-state index contributed by atoms with van der Waals surface area (Å²) in [6.07, 6.45) is 4.26. The van der Waals surface area contributed by atoms with E-state index in [1.54, 1.807) is 12.4 Å². The molecule has 0 aliphatic carbocycles. The number of pyridine rings is 2. The fourth-order valence-corrected chi connectivity index (χ4v) is 5.52. The summed E-state index contributed by atoms with van der Waals surface area (Å²) >= 11 is 11.9. The topological polar surface area (TPSA) is 73.4 Å². The van der Waals surface area contributed by atoms with Crippen LogP contribution in [-0.2, 0) is 23.4 Å². The molecular weight excluding hydrogens is 555 g/mol. The Morgan fingerprint density at radius 3 is 1.66 bits per heavy atom. The van der Waals surface area contributed by atoms with Crippen LogP contribution >= 0.6 is 23.2 Å². The lowest BCUT2D eigenvalue weighted by atomic mass is 9.78. The molecule has 0 atom stereocenters. The van der Waals surface area contributed by atoms with Crippen LogP contribution in [0.25, 0.3) is 0 Å². The van der Waals surface area contributed by atoms with Gasteiger partial charge in [-0.15, -0.1) is 0 Å². The number of nitrogens with zero attached hydrogens (tertiary/aromatic N) is 4. The van der Waals surface area contributed by atoms with Crippen molar-refractivity contribution in [1.29, 1.82) is 0 Å². The molecule has 1 aliphatic rings. The minimum Gasteiger partial charge on any atom is -0.366 e. The molecule has 0 unspecified atom stereocenters. The number of hydrogen-bond donors (Lipinski definition) is 2. The third kappa shape index (κ3) is 6.64. The number of carbonyl (C=O) groups is 1. The number of nitrogens with one attached hydrogen (secondary N) is 2. The van der Waals surface area contributed by atoms with Crippen LogP contribution in [0.15, 0.2) is 85.2 Å². The number of carbonyl (C=O) groups excluding carboxylic acids is 1. The van der Waals surface area contributed by atoms with E-state index in [2.05, 4.69) is 87.9 Å². The molecule has 4 aromatic rings. The van der Waals surface area contributed by atoms with Crippen LogP contribution in [0.2, 0.25) is 10.0 Å². The second-order valence-electron chi connectivity index (χ2n) is 10.5. The SMILES string of the molecule is CC(C)N1CCN(C=O)C(c2ccc(CNc3ccc(Cl)cn3)cc2)(c2ccc(CNc3ccc(Cl)cn3)cc2)C1. The van der Waals surface area contributed by atoms with E-state index in [9.17, 15) is 4.79 Å². The number of aromatic nitrogens is 2. The maximum atomic E-state index is 12.6. The molecule has 1 aliphatic heterocycles. The van der Waals surface area contributed by atoms with E-state index in [4.69, 9.17) is 23.2 Å². The summed E-state index contributed by atoms with van der Waals surface area (Å²) in [6.45, 7) is 7.87. The average Bonchev–Trinajstić information content (AvgIpc) is 3.00. The van der Waals surface area contributed by atoms with Gasteiger partial charge in [-0.3, -0.25) is 9.69 Å². The fraction of sp³-hybridized carbons (Fsp3) is 0.281. The summed E-state index contributed by atoms with van der Waals surface area (Å²) in [5.41, 5.74) is 3.79. The number of piperazine rings is 1. The number of anilines is 2. The van der Waals surface area contributed by atoms with Crippen molar-refractivity contribution in [1.82, 2.24) is 19.8 Å². The van der Waals surface area contributed by atoms with Crippen molar-refractivity contribution in [2.75, 3.05) is 30.3 Å². The number of benzene rings is 2. The minimum atomic E-state index is -0.613. The summed E-state index contributed by atoms with van der Waals surface area (Å²) in [4.78, 5) is 25.6. The van der Waals surface area contributed by atoms with Crippen molar-refractivity contribution in [2.24, 2.45) is 0 Å². The molecular formula is C32H34Cl2N6O. The molecule has 2 N–H and O–H groups in total. The van der Waals surface area contributed by atoms with Crippen molar-refractivity contribution < 1.29 is 4.79 Å². The molecule has 2 aromatic carbocycles. The molecule has 1 saturated heterocycles. The smallest absolute Gasteiger partial charge is 0.210 e. The molecule has 3 heterocycles. The first-order chi connectivity index (χ1) is 19.9. The zero-order valence-electron chi connectivity index (χ0n) is 23.2. The molecule has 2 aromatic heterocycles. The molecule has 0 radical (unpaired) electrons. The quantitative estimate of drug-likeness (QED) is 0.208. The third-order valence-corrected chi connectivity index (χ3v) is 8.12. The maximum Gasteiger partial charge on any atom is 0.210 e. The zero-order chi connectivity index (χ0) is 28.8. The average molecular weight is 590 g/mol. The largest absolute Gasteiger partial charge is 0.366 e. The molecule has 9 heteroatoms. The number of hydrogen-bond acceptors (Lipinski definition) is 6. The van der Waals surface area contributed by atoms with Crippen LogP contribution < -0.4 is 10.6 Å². The van der Waals surface area contributed by atoms with E-state index in [0.717, 1.165) is 46.8 Å². The predicted octanol–water partition coefficient (Wildman–Crippen LogP) is 6.43. The highest BCUT2D eigenvalue weighted by molar-refractivity contribution is 6.30. The van der Waals surface area contributed by atoms with Gasteiger partial charge in [-0.1, -0.05) is 71.7 Å². The highest BCUT2D eigenvalue weighted by atomic mass is 35.5. The van der Waals surface area contributed by atoms with Gasteiger partial charge in [-0.05, 0) is 60.4 Å². The normalized spacial score (nSPS) is 15.1. The number of halogens is 2. The van der Waals surface area contributed by atoms with Gasteiger partial charge in [0, 0.05) is 51.2 Å². The highest BCUT2D eigenvalue weighted by Gasteiger charge is 2.44. The van der Waals surface area contributed by atoms with E-state index >= 15 is 0 Å². The Hall–Kier alpha value is -3.65. The van der Waals surface area contributed by atoms with E-state index in [1.807, 2.05) is 29.2 Å². The van der Waals surface area contributed by atoms with Crippen molar-refractivity contribution in [3.63, 3.8) is 0 Å². The molecule has 1 fully saturated rings. The predicted molar refractivity (Wildman–Crippen MR) is 166 cm³/mol. The van der Waals surface area contributed by atoms with Gasteiger partial charge in [0.05, 0.1) is 10.0 Å². The van der Waals surface area contributed by atoms with Crippen LogP contribution in [0.1, 0.15) is 36.1 Å². The Morgan fingerprint density at radius 1 is 0.780 bits per heavy atom. The Labute approximate surface area is 251 Å². The van der Waals surface area contributed by atoms with E-state index in [0.29, 0.717) is 42.3 Å². The van der Waals surface area contributed by atoms with Gasteiger partial charge in [-0.2, -0.15) is 0 Å². The van der Waals surface area contributed by atoms with E-state index < -0.39 is 5.54 Å². The Kier molecular flexibility index (Phi) is 9.08. The second-order valence-corrected chi connectivity index (χ2v) is 11.4. The lowest BCUT2D eigenvalue weighted by Crippen LogP contribution is -2.61. The summed E-state index contributed by atoms with van der Waals surface area (Å²) in [5.74, 6) is 1.53. The first-order valence-corrected chi connectivity index (χ1v) is 14.5. The molecule has 212 valence electrons. The van der Waals surface area contributed by atoms with E-state index in [-0.39, 0.29) is 0 Å². The first kappa shape index (κ1) is 28.9. The molecule has 41 heavy (non-hydrogen) atoms. The van der Waals surface area contributed by atoms with Crippen LogP contribution in [-0.4, -0.2) is 51.9 Å². The zero-order valence-corrected chi connectivity index (χ0v) is 24.7. The molecule has 5 rings (SSSR count). The van der Waals surface area contributed by atoms with Gasteiger partial charge < -0.3 is 15.5 Å². The van der Waals surface area contributed by atoms with Crippen LogP contribution in [0.4, 0.5) is 11.6 Å². The first-order valence-electron chi connectivity index (χ1n) is 13.7. The van der Waals surface area contributed by atoms with Crippen molar-refractivity contribution in [2.45, 2.75) is 38.5 Å². The highest BCUT2D eigenvalue weighted by Crippen LogP contribution is 2.39. The van der Waals surface area contributed by atoms with Crippen LogP contribution in [0.5, 0.6) is 0 Å². The summed E-state index contributed by atoms with van der Waals surface area (Å²) in [6, 6.07) is 24.8.